The number of ether oxygens (including phenoxy) is 1. The van der Waals surface area contributed by atoms with Crippen molar-refractivity contribution in [2.24, 2.45) is 0 Å². The molecule has 0 aromatic carbocycles. The number of allylic oxidation sites excluding steroid dienone is 1. The predicted molar refractivity (Wildman–Crippen MR) is 84.6 cm³/mol. The van der Waals surface area contributed by atoms with E-state index in [1.807, 2.05) is 18.6 Å². The summed E-state index contributed by atoms with van der Waals surface area (Å²) in [4.78, 5) is 11.3. The summed E-state index contributed by atoms with van der Waals surface area (Å²) in [5.74, 6) is 0.953. The monoisotopic (exact) mass is 286 g/mol. The molecule has 5 heteroatoms. The van der Waals surface area contributed by atoms with Gasteiger partial charge in [-0.05, 0) is 12.5 Å². The molecule has 0 spiro atoms. The highest BCUT2D eigenvalue weighted by molar-refractivity contribution is 5.67. The summed E-state index contributed by atoms with van der Waals surface area (Å²) in [5, 5.41) is 0. The van der Waals surface area contributed by atoms with E-state index >= 15 is 0 Å². The van der Waals surface area contributed by atoms with E-state index in [2.05, 4.69) is 38.3 Å². The zero-order chi connectivity index (χ0) is 14.5. The Hall–Kier alpha value is -1.88. The van der Waals surface area contributed by atoms with Gasteiger partial charge in [-0.25, -0.2) is 9.97 Å². The van der Waals surface area contributed by atoms with Crippen molar-refractivity contribution in [1.82, 2.24) is 14.4 Å². The summed E-state index contributed by atoms with van der Waals surface area (Å²) in [5.41, 5.74) is 2.03. The zero-order valence-corrected chi connectivity index (χ0v) is 12.5. The van der Waals surface area contributed by atoms with Gasteiger partial charge in [-0.3, -0.25) is 4.40 Å². The fourth-order valence-electron chi connectivity index (χ4n) is 2.57. The van der Waals surface area contributed by atoms with E-state index in [1.54, 1.807) is 0 Å². The largest absolute Gasteiger partial charge is 0.378 e. The summed E-state index contributed by atoms with van der Waals surface area (Å²) in [6, 6.07) is 0. The van der Waals surface area contributed by atoms with Gasteiger partial charge in [0.1, 0.15) is 0 Å². The summed E-state index contributed by atoms with van der Waals surface area (Å²) >= 11 is 0. The van der Waals surface area contributed by atoms with E-state index in [4.69, 9.17) is 4.74 Å². The molecule has 3 heterocycles. The van der Waals surface area contributed by atoms with Gasteiger partial charge in [0.15, 0.2) is 11.5 Å². The minimum Gasteiger partial charge on any atom is -0.378 e. The number of morpholine rings is 1. The third-order valence-electron chi connectivity index (χ3n) is 3.76. The van der Waals surface area contributed by atoms with Crippen LogP contribution in [0.3, 0.4) is 0 Å². The maximum atomic E-state index is 5.41. The van der Waals surface area contributed by atoms with Gasteiger partial charge in [-0.1, -0.05) is 25.8 Å². The Labute approximate surface area is 125 Å². The maximum absolute atomic E-state index is 5.41. The number of imidazole rings is 1. The quantitative estimate of drug-likeness (QED) is 0.793. The number of anilines is 1. The molecule has 5 nitrogen and oxygen atoms in total. The number of unbranched alkanes of at least 4 members (excludes halogenated alkanes) is 2. The Bertz CT molecular complexity index is 614. The predicted octanol–water partition coefficient (Wildman–Crippen LogP) is 2.77. The topological polar surface area (TPSA) is 42.7 Å². The highest BCUT2D eigenvalue weighted by atomic mass is 16.5. The molecule has 2 aromatic heterocycles. The third kappa shape index (κ3) is 3.08. The molecule has 1 aliphatic heterocycles. The highest BCUT2D eigenvalue weighted by Gasteiger charge is 2.16. The Morgan fingerprint density at radius 1 is 1.29 bits per heavy atom. The van der Waals surface area contributed by atoms with Gasteiger partial charge in [-0.15, -0.1) is 0 Å². The number of rotatable bonds is 5. The van der Waals surface area contributed by atoms with E-state index in [0.717, 1.165) is 49.9 Å². The molecule has 0 amide bonds. The number of hydrogen-bond acceptors (Lipinski definition) is 4. The van der Waals surface area contributed by atoms with Gasteiger partial charge in [0, 0.05) is 25.5 Å². The average Bonchev–Trinajstić information content (AvgIpc) is 2.96. The molecular weight excluding hydrogens is 264 g/mol. The van der Waals surface area contributed by atoms with E-state index in [0.29, 0.717) is 0 Å². The fraction of sp³-hybridized carbons (Fsp3) is 0.500. The SMILES string of the molecule is CCCCC=Cc1cnc2c(N3CCOCC3)nccn12. The van der Waals surface area contributed by atoms with E-state index in [-0.39, 0.29) is 0 Å². The molecular formula is C16H22N4O. The molecule has 0 unspecified atom stereocenters. The molecule has 0 saturated carbocycles. The van der Waals surface area contributed by atoms with Gasteiger partial charge in [-0.2, -0.15) is 0 Å². The van der Waals surface area contributed by atoms with E-state index < -0.39 is 0 Å². The van der Waals surface area contributed by atoms with Crippen molar-refractivity contribution in [2.45, 2.75) is 26.2 Å². The Kier molecular flexibility index (Phi) is 4.50. The zero-order valence-electron chi connectivity index (χ0n) is 12.5. The first-order chi connectivity index (χ1) is 10.4. The minimum atomic E-state index is 0.757. The van der Waals surface area contributed by atoms with Gasteiger partial charge in [0.05, 0.1) is 25.1 Å². The van der Waals surface area contributed by atoms with Crippen LogP contribution >= 0.6 is 0 Å². The van der Waals surface area contributed by atoms with E-state index in [1.165, 1.54) is 12.8 Å². The lowest BCUT2D eigenvalue weighted by atomic mass is 10.2. The number of aromatic nitrogens is 3. The Morgan fingerprint density at radius 2 is 2.14 bits per heavy atom. The molecule has 0 radical (unpaired) electrons. The summed E-state index contributed by atoms with van der Waals surface area (Å²) in [7, 11) is 0. The molecule has 1 aliphatic rings. The molecule has 0 bridgehead atoms. The summed E-state index contributed by atoms with van der Waals surface area (Å²) in [6.45, 7) is 5.48. The minimum absolute atomic E-state index is 0.757. The van der Waals surface area contributed by atoms with Crippen LogP contribution in [0.15, 0.2) is 24.7 Å². The van der Waals surface area contributed by atoms with E-state index in [9.17, 15) is 0 Å². The maximum Gasteiger partial charge on any atom is 0.180 e. The van der Waals surface area contributed by atoms with Crippen LogP contribution in [-0.2, 0) is 4.74 Å². The lowest BCUT2D eigenvalue weighted by Gasteiger charge is -2.27. The van der Waals surface area contributed by atoms with Crippen LogP contribution in [0.5, 0.6) is 0 Å². The molecule has 3 rings (SSSR count). The Balaban J connectivity index is 1.87. The number of nitrogens with zero attached hydrogens (tertiary/aromatic N) is 4. The normalized spacial score (nSPS) is 16.1. The number of hydrogen-bond donors (Lipinski definition) is 0. The lowest BCUT2D eigenvalue weighted by Crippen LogP contribution is -2.37. The van der Waals surface area contributed by atoms with Gasteiger partial charge in [0.25, 0.3) is 0 Å². The molecule has 0 aliphatic carbocycles. The summed E-state index contributed by atoms with van der Waals surface area (Å²) in [6.07, 6.45) is 13.7. The van der Waals surface area contributed by atoms with Crippen molar-refractivity contribution in [3.63, 3.8) is 0 Å². The summed E-state index contributed by atoms with van der Waals surface area (Å²) < 4.78 is 7.52. The molecule has 1 saturated heterocycles. The van der Waals surface area contributed by atoms with Crippen LogP contribution in [0.25, 0.3) is 11.7 Å². The molecule has 1 fully saturated rings. The van der Waals surface area contributed by atoms with Gasteiger partial charge >= 0.3 is 0 Å². The van der Waals surface area contributed by atoms with Crippen molar-refractivity contribution in [1.29, 1.82) is 0 Å². The van der Waals surface area contributed by atoms with Gasteiger partial charge < -0.3 is 9.64 Å². The second-order valence-electron chi connectivity index (χ2n) is 5.27. The smallest absolute Gasteiger partial charge is 0.180 e. The number of fused-ring (bicyclic) bond motifs is 1. The van der Waals surface area contributed by atoms with Crippen LogP contribution < -0.4 is 4.90 Å². The molecule has 0 N–H and O–H groups in total. The fourth-order valence-corrected chi connectivity index (χ4v) is 2.57. The first-order valence-electron chi connectivity index (χ1n) is 7.71. The van der Waals surface area contributed by atoms with Crippen molar-refractivity contribution in [3.05, 3.63) is 30.4 Å². The van der Waals surface area contributed by atoms with Crippen molar-refractivity contribution < 1.29 is 4.74 Å². The molecule has 21 heavy (non-hydrogen) atoms. The molecule has 112 valence electrons. The van der Waals surface area contributed by atoms with Gasteiger partial charge in [0.2, 0.25) is 0 Å². The highest BCUT2D eigenvalue weighted by Crippen LogP contribution is 2.20. The van der Waals surface area contributed by atoms with Crippen molar-refractivity contribution in [2.75, 3.05) is 31.2 Å². The van der Waals surface area contributed by atoms with Crippen LogP contribution in [0.4, 0.5) is 5.82 Å². The van der Waals surface area contributed by atoms with Crippen LogP contribution in [0.1, 0.15) is 31.9 Å². The molecule has 2 aromatic rings. The van der Waals surface area contributed by atoms with Crippen molar-refractivity contribution in [3.8, 4) is 0 Å². The lowest BCUT2D eigenvalue weighted by molar-refractivity contribution is 0.122. The van der Waals surface area contributed by atoms with Crippen LogP contribution in [0, 0.1) is 0 Å². The Morgan fingerprint density at radius 3 is 2.95 bits per heavy atom. The first kappa shape index (κ1) is 14.1. The average molecular weight is 286 g/mol. The first-order valence-corrected chi connectivity index (χ1v) is 7.71. The second-order valence-corrected chi connectivity index (χ2v) is 5.27. The van der Waals surface area contributed by atoms with Crippen LogP contribution in [0.2, 0.25) is 0 Å². The van der Waals surface area contributed by atoms with Crippen molar-refractivity contribution >= 4 is 17.5 Å². The molecule has 0 atom stereocenters. The van der Waals surface area contributed by atoms with Crippen LogP contribution in [-0.4, -0.2) is 40.7 Å². The third-order valence-corrected chi connectivity index (χ3v) is 3.76. The second kappa shape index (κ2) is 6.72. The standard InChI is InChI=1S/C16H22N4O/c1-2-3-4-5-6-14-13-18-16-15(17-7-8-20(14)16)19-9-11-21-12-10-19/h5-8,13H,2-4,9-12H2,1H3.